The molecule has 0 unspecified atom stereocenters. The lowest BCUT2D eigenvalue weighted by atomic mass is 10.3. The quantitative estimate of drug-likeness (QED) is 0.831. The third-order valence-electron chi connectivity index (χ3n) is 2.23. The van der Waals surface area contributed by atoms with Gasteiger partial charge in [-0.2, -0.15) is 0 Å². The average molecular weight is 263 g/mol. The lowest BCUT2D eigenvalue weighted by Gasteiger charge is -2.06. The van der Waals surface area contributed by atoms with Gasteiger partial charge in [-0.25, -0.2) is 9.78 Å². The van der Waals surface area contributed by atoms with E-state index < -0.39 is 6.09 Å². The first kappa shape index (κ1) is 12.4. The van der Waals surface area contributed by atoms with Crippen molar-refractivity contribution in [1.82, 2.24) is 4.98 Å². The van der Waals surface area contributed by atoms with Gasteiger partial charge in [0.1, 0.15) is 0 Å². The molecule has 0 saturated heterocycles. The Labute approximate surface area is 109 Å². The first-order chi connectivity index (χ1) is 8.74. The summed E-state index contributed by atoms with van der Waals surface area (Å²) < 4.78 is 5.03. The maximum absolute atomic E-state index is 11.4. The molecule has 2 aromatic rings. The zero-order valence-electron chi connectivity index (χ0n) is 9.63. The van der Waals surface area contributed by atoms with E-state index in [0.717, 1.165) is 5.69 Å². The monoisotopic (exact) mass is 263 g/mol. The fourth-order valence-electron chi connectivity index (χ4n) is 1.33. The molecule has 0 radical (unpaired) electrons. The molecule has 1 aromatic heterocycles. The molecule has 0 spiro atoms. The van der Waals surface area contributed by atoms with Crippen LogP contribution in [0.1, 0.15) is 5.69 Å². The summed E-state index contributed by atoms with van der Waals surface area (Å²) in [5.74, 6) is 0. The summed E-state index contributed by atoms with van der Waals surface area (Å²) in [6.07, 6.45) is 0.147. The number of carbonyl (C=O) groups is 1. The molecular formula is C12H13N3O2S. The van der Waals surface area contributed by atoms with Crippen LogP contribution in [0.3, 0.4) is 0 Å². The Morgan fingerprint density at radius 1 is 1.39 bits per heavy atom. The summed E-state index contributed by atoms with van der Waals surface area (Å²) in [5, 5.41) is 4.55. The number of aromatic nitrogens is 1. The van der Waals surface area contributed by atoms with Gasteiger partial charge in [-0.15, -0.1) is 11.3 Å². The van der Waals surface area contributed by atoms with Crippen molar-refractivity contribution in [3.05, 3.63) is 40.8 Å². The third kappa shape index (κ3) is 3.74. The van der Waals surface area contributed by atoms with Crippen LogP contribution in [-0.4, -0.2) is 17.7 Å². The Morgan fingerprint density at radius 3 is 2.83 bits per heavy atom. The van der Waals surface area contributed by atoms with E-state index in [1.54, 1.807) is 29.8 Å². The Balaban J connectivity index is 1.73. The van der Waals surface area contributed by atoms with Crippen molar-refractivity contribution in [3.63, 3.8) is 0 Å². The number of carbonyl (C=O) groups excluding carboxylic acids is 1. The Bertz CT molecular complexity index is 497. The number of hydrogen-bond acceptors (Lipinski definition) is 5. The lowest BCUT2D eigenvalue weighted by molar-refractivity contribution is 0.162. The molecule has 1 amide bonds. The molecule has 0 aliphatic rings. The van der Waals surface area contributed by atoms with E-state index in [0.29, 0.717) is 24.4 Å². The maximum Gasteiger partial charge on any atom is 0.411 e. The number of hydrogen-bond donors (Lipinski definition) is 2. The van der Waals surface area contributed by atoms with E-state index in [2.05, 4.69) is 10.3 Å². The highest BCUT2D eigenvalue weighted by molar-refractivity contribution is 7.07. The number of anilines is 2. The molecule has 0 atom stereocenters. The van der Waals surface area contributed by atoms with Crippen molar-refractivity contribution in [1.29, 1.82) is 0 Å². The van der Waals surface area contributed by atoms with Gasteiger partial charge in [-0.3, -0.25) is 5.32 Å². The Hall–Kier alpha value is -2.08. The minimum Gasteiger partial charge on any atom is -0.449 e. The molecule has 0 saturated carbocycles. The normalized spacial score (nSPS) is 10.0. The van der Waals surface area contributed by atoms with E-state index in [1.807, 2.05) is 5.38 Å². The first-order valence-electron chi connectivity index (χ1n) is 5.40. The summed E-state index contributed by atoms with van der Waals surface area (Å²) in [6.45, 7) is 0.310. The highest BCUT2D eigenvalue weighted by Gasteiger charge is 2.03. The van der Waals surface area contributed by atoms with Crippen molar-refractivity contribution >= 4 is 28.8 Å². The number of benzene rings is 1. The molecule has 0 bridgehead atoms. The molecule has 94 valence electrons. The van der Waals surface area contributed by atoms with Crippen LogP contribution < -0.4 is 11.1 Å². The summed E-state index contributed by atoms with van der Waals surface area (Å²) in [7, 11) is 0. The summed E-state index contributed by atoms with van der Waals surface area (Å²) in [5.41, 5.74) is 9.53. The largest absolute Gasteiger partial charge is 0.449 e. The number of nitrogens with two attached hydrogens (primary N) is 1. The second-order valence-corrected chi connectivity index (χ2v) is 4.33. The maximum atomic E-state index is 11.4. The molecule has 2 rings (SSSR count). The van der Waals surface area contributed by atoms with E-state index in [1.165, 1.54) is 11.3 Å². The highest BCUT2D eigenvalue weighted by atomic mass is 32.1. The highest BCUT2D eigenvalue weighted by Crippen LogP contribution is 2.10. The van der Waals surface area contributed by atoms with Gasteiger partial charge in [-0.05, 0) is 24.3 Å². The number of rotatable bonds is 4. The zero-order valence-corrected chi connectivity index (χ0v) is 10.4. The van der Waals surface area contributed by atoms with Crippen LogP contribution in [0.15, 0.2) is 35.2 Å². The van der Waals surface area contributed by atoms with Crippen LogP contribution in [-0.2, 0) is 11.2 Å². The average Bonchev–Trinajstić information content (AvgIpc) is 2.85. The van der Waals surface area contributed by atoms with Crippen molar-refractivity contribution < 1.29 is 9.53 Å². The van der Waals surface area contributed by atoms with E-state index in [4.69, 9.17) is 10.5 Å². The third-order valence-corrected chi connectivity index (χ3v) is 2.87. The van der Waals surface area contributed by atoms with E-state index in [9.17, 15) is 4.79 Å². The number of amides is 1. The smallest absolute Gasteiger partial charge is 0.411 e. The number of thiazole rings is 1. The molecule has 3 N–H and O–H groups in total. The molecule has 18 heavy (non-hydrogen) atoms. The van der Waals surface area contributed by atoms with Gasteiger partial charge in [0.2, 0.25) is 0 Å². The fourth-order valence-corrected chi connectivity index (χ4v) is 1.92. The van der Waals surface area contributed by atoms with Crippen LogP contribution >= 0.6 is 11.3 Å². The summed E-state index contributed by atoms with van der Waals surface area (Å²) in [4.78, 5) is 15.5. The molecule has 0 aliphatic carbocycles. The van der Waals surface area contributed by atoms with Crippen molar-refractivity contribution in [3.8, 4) is 0 Å². The summed E-state index contributed by atoms with van der Waals surface area (Å²) >= 11 is 1.52. The van der Waals surface area contributed by atoms with Crippen LogP contribution in [0, 0.1) is 0 Å². The van der Waals surface area contributed by atoms with Gasteiger partial charge in [-0.1, -0.05) is 0 Å². The molecule has 5 nitrogen and oxygen atoms in total. The minimum absolute atomic E-state index is 0.310. The summed E-state index contributed by atoms with van der Waals surface area (Å²) in [6, 6.07) is 6.86. The van der Waals surface area contributed by atoms with Crippen LogP contribution in [0.25, 0.3) is 0 Å². The molecular weight excluding hydrogens is 250 g/mol. The molecule has 0 fully saturated rings. The fraction of sp³-hybridized carbons (Fsp3) is 0.167. The topological polar surface area (TPSA) is 77.2 Å². The SMILES string of the molecule is Nc1ccc(NC(=O)OCCc2cscn2)cc1. The number of nitrogens with one attached hydrogen (secondary N) is 1. The van der Waals surface area contributed by atoms with Gasteiger partial charge in [0, 0.05) is 23.2 Å². The van der Waals surface area contributed by atoms with Crippen LogP contribution in [0.4, 0.5) is 16.2 Å². The lowest BCUT2D eigenvalue weighted by Crippen LogP contribution is -2.15. The van der Waals surface area contributed by atoms with Crippen LogP contribution in [0.5, 0.6) is 0 Å². The Morgan fingerprint density at radius 2 is 2.17 bits per heavy atom. The second-order valence-electron chi connectivity index (χ2n) is 3.61. The standard InChI is InChI=1S/C12H13N3O2S/c13-9-1-3-10(4-2-9)15-12(16)17-6-5-11-7-18-8-14-11/h1-4,7-8H,5-6,13H2,(H,15,16). The zero-order chi connectivity index (χ0) is 12.8. The number of nitrogens with zero attached hydrogens (tertiary/aromatic N) is 1. The van der Waals surface area contributed by atoms with Gasteiger partial charge in [0.25, 0.3) is 0 Å². The minimum atomic E-state index is -0.477. The van der Waals surface area contributed by atoms with Crippen molar-refractivity contribution in [2.45, 2.75) is 6.42 Å². The predicted molar refractivity (Wildman–Crippen MR) is 71.6 cm³/mol. The predicted octanol–water partition coefficient (Wildman–Crippen LogP) is 2.52. The van der Waals surface area contributed by atoms with E-state index >= 15 is 0 Å². The first-order valence-corrected chi connectivity index (χ1v) is 6.35. The molecule has 6 heteroatoms. The van der Waals surface area contributed by atoms with Gasteiger partial charge in [0.15, 0.2) is 0 Å². The molecule has 1 heterocycles. The van der Waals surface area contributed by atoms with Gasteiger partial charge < -0.3 is 10.5 Å². The number of ether oxygens (including phenoxy) is 1. The van der Waals surface area contributed by atoms with Gasteiger partial charge in [0.05, 0.1) is 17.8 Å². The van der Waals surface area contributed by atoms with Crippen molar-refractivity contribution in [2.75, 3.05) is 17.7 Å². The van der Waals surface area contributed by atoms with Crippen LogP contribution in [0.2, 0.25) is 0 Å². The Kier molecular flexibility index (Phi) is 4.14. The van der Waals surface area contributed by atoms with E-state index in [-0.39, 0.29) is 0 Å². The van der Waals surface area contributed by atoms with Crippen molar-refractivity contribution in [2.24, 2.45) is 0 Å². The molecule has 1 aromatic carbocycles. The number of nitrogen functional groups attached to an aromatic ring is 1. The second kappa shape index (κ2) is 6.02. The van der Waals surface area contributed by atoms with Gasteiger partial charge >= 0.3 is 6.09 Å². The molecule has 0 aliphatic heterocycles.